The highest BCUT2D eigenvalue weighted by molar-refractivity contribution is 5.99. The molecule has 8 heteroatoms. The second-order valence-corrected chi connectivity index (χ2v) is 6.36. The van der Waals surface area contributed by atoms with E-state index in [1.807, 2.05) is 25.1 Å². The van der Waals surface area contributed by atoms with Crippen LogP contribution in [0, 0.1) is 0 Å². The van der Waals surface area contributed by atoms with Crippen LogP contribution in [0.1, 0.15) is 34.5 Å². The summed E-state index contributed by atoms with van der Waals surface area (Å²) in [6.07, 6.45) is 5.40. The molecule has 1 aromatic carbocycles. The fraction of sp³-hybridized carbons (Fsp3) is 0.316. The Hall–Kier alpha value is -3.13. The summed E-state index contributed by atoms with van der Waals surface area (Å²) in [5.74, 6) is 1.15. The Labute approximate surface area is 155 Å². The second-order valence-electron chi connectivity index (χ2n) is 6.36. The Morgan fingerprint density at radius 1 is 1.30 bits per heavy atom. The smallest absolute Gasteiger partial charge is 0.257 e. The summed E-state index contributed by atoms with van der Waals surface area (Å²) < 4.78 is 12.7. The number of nitrogens with one attached hydrogen (secondary N) is 1. The topological polar surface area (TPSA) is 98.0 Å². The zero-order valence-corrected chi connectivity index (χ0v) is 14.9. The lowest BCUT2D eigenvalue weighted by Crippen LogP contribution is -2.27. The molecule has 0 fully saturated rings. The van der Waals surface area contributed by atoms with Crippen LogP contribution in [0.5, 0.6) is 11.5 Å². The highest BCUT2D eigenvalue weighted by Crippen LogP contribution is 2.32. The van der Waals surface area contributed by atoms with E-state index in [2.05, 4.69) is 15.4 Å². The molecule has 1 amide bonds. The molecule has 1 aliphatic heterocycles. The molecule has 1 unspecified atom stereocenters. The number of carbonyl (C=O) groups is 1. The number of aliphatic hydroxyl groups excluding tert-OH is 1. The van der Waals surface area contributed by atoms with Crippen molar-refractivity contribution in [3.8, 4) is 11.5 Å². The molecule has 2 N–H and O–H groups in total. The molecule has 1 aliphatic rings. The van der Waals surface area contributed by atoms with Gasteiger partial charge < -0.3 is 19.9 Å². The van der Waals surface area contributed by atoms with Crippen molar-refractivity contribution in [2.24, 2.45) is 0 Å². The van der Waals surface area contributed by atoms with Gasteiger partial charge in [0.05, 0.1) is 12.2 Å². The predicted molar refractivity (Wildman–Crippen MR) is 97.1 cm³/mol. The summed E-state index contributed by atoms with van der Waals surface area (Å²) in [6, 6.07) is 5.42. The number of carbonyl (C=O) groups excluding carboxylic acids is 1. The third-order valence-corrected chi connectivity index (χ3v) is 4.47. The Morgan fingerprint density at radius 2 is 2.11 bits per heavy atom. The van der Waals surface area contributed by atoms with Crippen molar-refractivity contribution in [1.82, 2.24) is 19.9 Å². The fourth-order valence-electron chi connectivity index (χ4n) is 3.02. The lowest BCUT2D eigenvalue weighted by Gasteiger charge is -2.21. The van der Waals surface area contributed by atoms with E-state index in [1.54, 1.807) is 16.9 Å². The molecule has 3 aromatic rings. The van der Waals surface area contributed by atoms with Gasteiger partial charge in [0.15, 0.2) is 17.1 Å². The van der Waals surface area contributed by atoms with Gasteiger partial charge in [-0.2, -0.15) is 5.10 Å². The second kappa shape index (κ2) is 7.24. The first-order valence-electron chi connectivity index (χ1n) is 8.79. The number of nitrogens with zero attached hydrogens (tertiary/aromatic N) is 3. The van der Waals surface area contributed by atoms with Crippen LogP contribution in [0.25, 0.3) is 5.65 Å². The van der Waals surface area contributed by atoms with Gasteiger partial charge in [-0.05, 0) is 36.6 Å². The highest BCUT2D eigenvalue weighted by Gasteiger charge is 2.19. The van der Waals surface area contributed by atoms with Gasteiger partial charge in [-0.1, -0.05) is 6.07 Å². The van der Waals surface area contributed by atoms with Crippen LogP contribution in [0.15, 0.2) is 36.8 Å². The van der Waals surface area contributed by atoms with Crippen molar-refractivity contribution in [3.05, 3.63) is 53.5 Å². The van der Waals surface area contributed by atoms with Gasteiger partial charge >= 0.3 is 0 Å². The molecule has 1 atom stereocenters. The minimum absolute atomic E-state index is 0.0366. The van der Waals surface area contributed by atoms with E-state index in [9.17, 15) is 4.79 Å². The van der Waals surface area contributed by atoms with Crippen molar-refractivity contribution in [2.45, 2.75) is 19.4 Å². The summed E-state index contributed by atoms with van der Waals surface area (Å²) in [6.45, 7) is 3.00. The number of aromatic nitrogens is 3. The number of hydrogen-bond acceptors (Lipinski definition) is 6. The van der Waals surface area contributed by atoms with E-state index in [0.29, 0.717) is 42.3 Å². The van der Waals surface area contributed by atoms with E-state index in [1.165, 1.54) is 6.20 Å². The summed E-state index contributed by atoms with van der Waals surface area (Å²) >= 11 is 0. The van der Waals surface area contributed by atoms with Crippen LogP contribution in [-0.4, -0.2) is 45.4 Å². The number of hydrogen-bond donors (Lipinski definition) is 2. The Bertz CT molecular complexity index is 985. The first kappa shape index (κ1) is 17.3. The number of rotatable bonds is 5. The highest BCUT2D eigenvalue weighted by atomic mass is 16.6. The molecular weight excluding hydrogens is 348 g/mol. The number of amides is 1. The lowest BCUT2D eigenvalue weighted by atomic mass is 10.1. The predicted octanol–water partition coefficient (Wildman–Crippen LogP) is 1.53. The van der Waals surface area contributed by atoms with Crippen molar-refractivity contribution in [3.63, 3.8) is 0 Å². The first-order chi connectivity index (χ1) is 13.2. The van der Waals surface area contributed by atoms with Crippen LogP contribution in [0.3, 0.4) is 0 Å². The van der Waals surface area contributed by atoms with Crippen molar-refractivity contribution >= 4 is 11.6 Å². The number of ether oxygens (including phenoxy) is 2. The molecule has 2 aromatic heterocycles. The van der Waals surface area contributed by atoms with Crippen LogP contribution in [-0.2, 0) is 6.42 Å². The zero-order valence-electron chi connectivity index (χ0n) is 14.9. The molecule has 27 heavy (non-hydrogen) atoms. The molecule has 140 valence electrons. The molecule has 0 aliphatic carbocycles. The normalized spacial score (nSPS) is 14.1. The SMILES string of the molecule is CC(NC(=O)c1cnn2cc(CCO)cnc12)c1ccc2c(c1)OCCO2. The Balaban J connectivity index is 1.52. The van der Waals surface area contributed by atoms with Crippen molar-refractivity contribution < 1.29 is 19.4 Å². The minimum atomic E-state index is -0.255. The molecule has 0 radical (unpaired) electrons. The van der Waals surface area contributed by atoms with Gasteiger partial charge in [0.1, 0.15) is 18.8 Å². The van der Waals surface area contributed by atoms with Gasteiger partial charge in [0, 0.05) is 19.0 Å². The van der Waals surface area contributed by atoms with Crippen LogP contribution in [0.4, 0.5) is 0 Å². The third-order valence-electron chi connectivity index (χ3n) is 4.47. The van der Waals surface area contributed by atoms with Crippen LogP contribution >= 0.6 is 0 Å². The molecule has 0 bridgehead atoms. The van der Waals surface area contributed by atoms with Crippen LogP contribution in [0.2, 0.25) is 0 Å². The van der Waals surface area contributed by atoms with Crippen molar-refractivity contribution in [1.29, 1.82) is 0 Å². The molecule has 0 spiro atoms. The Morgan fingerprint density at radius 3 is 2.93 bits per heavy atom. The molecular formula is C19H20N4O4. The van der Waals surface area contributed by atoms with Crippen molar-refractivity contribution in [2.75, 3.05) is 19.8 Å². The molecule has 4 rings (SSSR count). The summed E-state index contributed by atoms with van der Waals surface area (Å²) in [5.41, 5.74) is 2.64. The molecule has 0 saturated heterocycles. The lowest BCUT2D eigenvalue weighted by molar-refractivity contribution is 0.0941. The maximum absolute atomic E-state index is 12.7. The van der Waals surface area contributed by atoms with E-state index >= 15 is 0 Å². The maximum atomic E-state index is 12.7. The third kappa shape index (κ3) is 3.43. The van der Waals surface area contributed by atoms with Crippen LogP contribution < -0.4 is 14.8 Å². The quantitative estimate of drug-likeness (QED) is 0.709. The molecule has 3 heterocycles. The standard InChI is InChI=1S/C19H20N4O4/c1-12(14-2-3-16-17(8-14)27-7-6-26-16)22-19(25)15-10-21-23-11-13(4-5-24)9-20-18(15)23/h2-3,8-12,24H,4-7H2,1H3,(H,22,25). The van der Waals surface area contributed by atoms with Gasteiger partial charge in [0.2, 0.25) is 0 Å². The van der Waals surface area contributed by atoms with Gasteiger partial charge in [-0.3, -0.25) is 4.79 Å². The summed E-state index contributed by atoms with van der Waals surface area (Å²) in [7, 11) is 0. The van der Waals surface area contributed by atoms with Gasteiger partial charge in [0.25, 0.3) is 5.91 Å². The van der Waals surface area contributed by atoms with Gasteiger partial charge in [-0.15, -0.1) is 0 Å². The Kier molecular flexibility index (Phi) is 4.64. The molecule has 8 nitrogen and oxygen atoms in total. The van der Waals surface area contributed by atoms with E-state index in [-0.39, 0.29) is 18.6 Å². The largest absolute Gasteiger partial charge is 0.486 e. The first-order valence-corrected chi connectivity index (χ1v) is 8.79. The average Bonchev–Trinajstić information content (AvgIpc) is 3.11. The maximum Gasteiger partial charge on any atom is 0.257 e. The number of aliphatic hydroxyl groups is 1. The average molecular weight is 368 g/mol. The summed E-state index contributed by atoms with van der Waals surface area (Å²) in [4.78, 5) is 17.0. The zero-order chi connectivity index (χ0) is 18.8. The fourth-order valence-corrected chi connectivity index (χ4v) is 3.02. The van der Waals surface area contributed by atoms with E-state index in [4.69, 9.17) is 14.6 Å². The molecule has 0 saturated carbocycles. The number of fused-ring (bicyclic) bond motifs is 2. The minimum Gasteiger partial charge on any atom is -0.486 e. The summed E-state index contributed by atoms with van der Waals surface area (Å²) in [5, 5.41) is 16.2. The number of benzene rings is 1. The van der Waals surface area contributed by atoms with E-state index in [0.717, 1.165) is 11.1 Å². The van der Waals surface area contributed by atoms with Gasteiger partial charge in [-0.25, -0.2) is 9.50 Å². The van der Waals surface area contributed by atoms with E-state index < -0.39 is 0 Å². The monoisotopic (exact) mass is 368 g/mol.